The maximum atomic E-state index is 11.1. The van der Waals surface area contributed by atoms with Gasteiger partial charge in [-0.1, -0.05) is 5.16 Å². The molecule has 3 rings (SSSR count). The quantitative estimate of drug-likeness (QED) is 0.710. The van der Waals surface area contributed by atoms with Gasteiger partial charge in [-0.2, -0.15) is 4.98 Å². The molecular formula is C13H22N6O2. The van der Waals surface area contributed by atoms with Gasteiger partial charge in [-0.05, 0) is 14.1 Å². The summed E-state index contributed by atoms with van der Waals surface area (Å²) in [5.74, 6) is 1.28. The van der Waals surface area contributed by atoms with Gasteiger partial charge in [0.15, 0.2) is 5.82 Å². The van der Waals surface area contributed by atoms with Crippen molar-refractivity contribution < 1.29 is 9.32 Å². The number of hydrogen-bond donors (Lipinski definition) is 2. The second kappa shape index (κ2) is 6.08. The number of amides is 1. The van der Waals surface area contributed by atoms with E-state index in [1.54, 1.807) is 0 Å². The first-order valence-electron chi connectivity index (χ1n) is 7.33. The van der Waals surface area contributed by atoms with Gasteiger partial charge in [0.2, 0.25) is 11.8 Å². The molecule has 0 aliphatic carbocycles. The fraction of sp³-hybridized carbons (Fsp3) is 0.769. The van der Waals surface area contributed by atoms with Crippen LogP contribution in [-0.4, -0.2) is 78.7 Å². The Morgan fingerprint density at radius 3 is 3.00 bits per heavy atom. The number of piperazine rings is 2. The molecule has 1 aromatic rings. The summed E-state index contributed by atoms with van der Waals surface area (Å²) < 4.78 is 5.34. The zero-order valence-electron chi connectivity index (χ0n) is 12.5. The van der Waals surface area contributed by atoms with E-state index in [4.69, 9.17) is 4.52 Å². The van der Waals surface area contributed by atoms with Crippen LogP contribution in [0.1, 0.15) is 17.8 Å². The van der Waals surface area contributed by atoms with E-state index in [2.05, 4.69) is 44.7 Å². The van der Waals surface area contributed by atoms with Crippen molar-refractivity contribution in [3.05, 3.63) is 11.7 Å². The molecule has 2 saturated heterocycles. The van der Waals surface area contributed by atoms with Crippen LogP contribution in [0.3, 0.4) is 0 Å². The van der Waals surface area contributed by atoms with Gasteiger partial charge in [0.1, 0.15) is 6.04 Å². The number of carbonyl (C=O) groups is 1. The van der Waals surface area contributed by atoms with Crippen molar-refractivity contribution in [1.29, 1.82) is 0 Å². The van der Waals surface area contributed by atoms with Crippen LogP contribution in [0.15, 0.2) is 4.52 Å². The third kappa shape index (κ3) is 3.39. The lowest BCUT2D eigenvalue weighted by Crippen LogP contribution is -2.50. The van der Waals surface area contributed by atoms with Crippen LogP contribution in [0.4, 0.5) is 0 Å². The van der Waals surface area contributed by atoms with Gasteiger partial charge in [0.25, 0.3) is 0 Å². The van der Waals surface area contributed by atoms with Crippen molar-refractivity contribution in [2.24, 2.45) is 0 Å². The summed E-state index contributed by atoms with van der Waals surface area (Å²) in [6, 6.07) is 0.323. The van der Waals surface area contributed by atoms with E-state index >= 15 is 0 Å². The highest BCUT2D eigenvalue weighted by Gasteiger charge is 2.27. The lowest BCUT2D eigenvalue weighted by Gasteiger charge is -2.37. The Kier molecular flexibility index (Phi) is 4.18. The zero-order chi connectivity index (χ0) is 14.8. The molecule has 0 spiro atoms. The van der Waals surface area contributed by atoms with Crippen molar-refractivity contribution in [1.82, 2.24) is 30.6 Å². The third-order valence-corrected chi connectivity index (χ3v) is 4.19. The highest BCUT2D eigenvalue weighted by molar-refractivity contribution is 5.78. The predicted octanol–water partition coefficient (Wildman–Crippen LogP) is -1.38. The Morgan fingerprint density at radius 2 is 2.24 bits per heavy atom. The number of aromatic nitrogens is 2. The summed E-state index contributed by atoms with van der Waals surface area (Å²) in [4.78, 5) is 20.3. The minimum atomic E-state index is -0.0873. The molecule has 2 unspecified atom stereocenters. The summed E-state index contributed by atoms with van der Waals surface area (Å²) in [5.41, 5.74) is 0. The topological polar surface area (TPSA) is 86.5 Å². The number of rotatable bonds is 3. The summed E-state index contributed by atoms with van der Waals surface area (Å²) in [7, 11) is 4.27. The van der Waals surface area contributed by atoms with Crippen molar-refractivity contribution in [2.75, 3.05) is 46.8 Å². The second-order valence-corrected chi connectivity index (χ2v) is 5.89. The van der Waals surface area contributed by atoms with Gasteiger partial charge in [-0.3, -0.25) is 10.1 Å². The predicted molar refractivity (Wildman–Crippen MR) is 75.7 cm³/mol. The van der Waals surface area contributed by atoms with Crippen LogP contribution in [0.25, 0.3) is 0 Å². The molecule has 3 heterocycles. The van der Waals surface area contributed by atoms with E-state index < -0.39 is 0 Å². The molecule has 1 amide bonds. The SMILES string of the molecule is CN1CCN(C)C(Cc2noc(C3CNC(=O)CN3)n2)C1. The van der Waals surface area contributed by atoms with Crippen molar-refractivity contribution >= 4 is 5.91 Å². The normalized spacial score (nSPS) is 28.6. The van der Waals surface area contributed by atoms with Gasteiger partial charge in [-0.15, -0.1) is 0 Å². The molecule has 2 atom stereocenters. The van der Waals surface area contributed by atoms with Crippen LogP contribution in [0.5, 0.6) is 0 Å². The van der Waals surface area contributed by atoms with E-state index in [1.807, 2.05) is 0 Å². The smallest absolute Gasteiger partial charge is 0.245 e. The Bertz CT molecular complexity index is 495. The Hall–Kier alpha value is -1.51. The maximum Gasteiger partial charge on any atom is 0.245 e. The van der Waals surface area contributed by atoms with Crippen LogP contribution in [-0.2, 0) is 11.2 Å². The lowest BCUT2D eigenvalue weighted by molar-refractivity contribution is -0.121. The maximum absolute atomic E-state index is 11.1. The van der Waals surface area contributed by atoms with Gasteiger partial charge in [-0.25, -0.2) is 0 Å². The minimum Gasteiger partial charge on any atom is -0.353 e. The lowest BCUT2D eigenvalue weighted by atomic mass is 10.1. The van der Waals surface area contributed by atoms with E-state index in [9.17, 15) is 4.79 Å². The van der Waals surface area contributed by atoms with Gasteiger partial charge in [0, 0.05) is 38.6 Å². The molecule has 1 aromatic heterocycles. The van der Waals surface area contributed by atoms with E-state index in [0.29, 0.717) is 25.0 Å². The highest BCUT2D eigenvalue weighted by Crippen LogP contribution is 2.15. The fourth-order valence-corrected chi connectivity index (χ4v) is 2.77. The van der Waals surface area contributed by atoms with Gasteiger partial charge < -0.3 is 19.6 Å². The number of likely N-dealkylation sites (N-methyl/N-ethyl adjacent to an activating group) is 2. The first-order chi connectivity index (χ1) is 10.1. The second-order valence-electron chi connectivity index (χ2n) is 5.89. The molecule has 21 heavy (non-hydrogen) atoms. The van der Waals surface area contributed by atoms with Crippen LogP contribution >= 0.6 is 0 Å². The zero-order valence-corrected chi connectivity index (χ0v) is 12.5. The van der Waals surface area contributed by atoms with Crippen LogP contribution in [0, 0.1) is 0 Å². The van der Waals surface area contributed by atoms with Crippen LogP contribution in [0.2, 0.25) is 0 Å². The molecule has 8 nitrogen and oxygen atoms in total. The summed E-state index contributed by atoms with van der Waals surface area (Å²) in [6.45, 7) is 3.95. The monoisotopic (exact) mass is 294 g/mol. The molecule has 0 saturated carbocycles. The Labute approximate surface area is 123 Å². The van der Waals surface area contributed by atoms with E-state index in [0.717, 1.165) is 31.9 Å². The average Bonchev–Trinajstić information content (AvgIpc) is 2.92. The average molecular weight is 294 g/mol. The minimum absolute atomic E-state index is 0.00198. The first-order valence-corrected chi connectivity index (χ1v) is 7.33. The van der Waals surface area contributed by atoms with E-state index in [1.165, 1.54) is 0 Å². The molecular weight excluding hydrogens is 272 g/mol. The molecule has 116 valence electrons. The highest BCUT2D eigenvalue weighted by atomic mass is 16.5. The Balaban J connectivity index is 1.61. The number of nitrogens with zero attached hydrogens (tertiary/aromatic N) is 4. The molecule has 2 fully saturated rings. The van der Waals surface area contributed by atoms with Gasteiger partial charge >= 0.3 is 0 Å². The molecule has 2 aliphatic rings. The van der Waals surface area contributed by atoms with Crippen molar-refractivity contribution in [3.8, 4) is 0 Å². The summed E-state index contributed by atoms with van der Waals surface area (Å²) in [6.07, 6.45) is 0.781. The van der Waals surface area contributed by atoms with Crippen molar-refractivity contribution in [3.63, 3.8) is 0 Å². The third-order valence-electron chi connectivity index (χ3n) is 4.19. The fourth-order valence-electron chi connectivity index (χ4n) is 2.77. The number of nitrogens with one attached hydrogen (secondary N) is 2. The molecule has 0 radical (unpaired) electrons. The molecule has 2 N–H and O–H groups in total. The summed E-state index contributed by atoms with van der Waals surface area (Å²) >= 11 is 0. The number of hydrogen-bond acceptors (Lipinski definition) is 7. The first kappa shape index (κ1) is 14.4. The number of carbonyl (C=O) groups excluding carboxylic acids is 1. The standard InChI is InChI=1S/C13H22N6O2/c1-18-3-4-19(2)9(8-18)5-11-16-13(21-17-11)10-6-15-12(20)7-14-10/h9-10,14H,3-8H2,1-2H3,(H,15,20). The molecule has 0 aromatic carbocycles. The van der Waals surface area contributed by atoms with Crippen LogP contribution < -0.4 is 10.6 Å². The Morgan fingerprint density at radius 1 is 1.38 bits per heavy atom. The van der Waals surface area contributed by atoms with Gasteiger partial charge in [0.05, 0.1) is 6.54 Å². The molecule has 2 aliphatic heterocycles. The van der Waals surface area contributed by atoms with Crippen molar-refractivity contribution in [2.45, 2.75) is 18.5 Å². The molecule has 8 heteroatoms. The molecule has 0 bridgehead atoms. The summed E-state index contributed by atoms with van der Waals surface area (Å²) in [5, 5.41) is 9.96. The largest absolute Gasteiger partial charge is 0.353 e. The van der Waals surface area contributed by atoms with E-state index in [-0.39, 0.29) is 11.9 Å².